The van der Waals surface area contributed by atoms with Gasteiger partial charge in [-0.2, -0.15) is 50.5 Å². The van der Waals surface area contributed by atoms with Crippen molar-refractivity contribution in [3.63, 3.8) is 0 Å². The number of rotatable bonds is 15. The molecule has 39 heteroatoms. The van der Waals surface area contributed by atoms with E-state index in [0.717, 1.165) is 0 Å². The summed E-state index contributed by atoms with van der Waals surface area (Å²) in [6, 6.07) is 0. The van der Waals surface area contributed by atoms with Crippen LogP contribution in [0.4, 0.5) is 0 Å². The molecule has 30 nitrogen and oxygen atoms in total. The molecule has 0 aliphatic rings. The van der Waals surface area contributed by atoms with Gasteiger partial charge in [-0.05, 0) is 0 Å². The Kier molecular flexibility index (Phi) is 26.4. The summed E-state index contributed by atoms with van der Waals surface area (Å²) >= 11 is 0. The van der Waals surface area contributed by atoms with Crippen LogP contribution in [0, 0.1) is 0 Å². The van der Waals surface area contributed by atoms with Crippen molar-refractivity contribution in [1.29, 1.82) is 0 Å². The zero-order valence-electron chi connectivity index (χ0n) is 21.8. The molecule has 294 valence electrons. The van der Waals surface area contributed by atoms with Crippen molar-refractivity contribution in [3.05, 3.63) is 0 Å². The van der Waals surface area contributed by atoms with Crippen LogP contribution in [0.25, 0.3) is 0 Å². The van der Waals surface area contributed by atoms with Crippen LogP contribution in [-0.4, -0.2) is 270 Å². The van der Waals surface area contributed by atoms with Gasteiger partial charge in [-0.3, -0.25) is 41.7 Å². The van der Waals surface area contributed by atoms with Gasteiger partial charge in [0.05, 0.1) is 19.3 Å². The average Bonchev–Trinajstić information content (AvgIpc) is 2.74. The average molecular weight is 961 g/mol. The van der Waals surface area contributed by atoms with Crippen molar-refractivity contribution in [2.45, 2.75) is 31.5 Å². The maximum absolute atomic E-state index is 10.6. The quantitative estimate of drug-likeness (QED) is 0.0536. The third kappa shape index (κ3) is 15.3. The minimum atomic E-state index is -5.90. The van der Waals surface area contributed by atoms with Gasteiger partial charge in [0, 0.05) is 0 Å². The van der Waals surface area contributed by atoms with Gasteiger partial charge in [-0.1, -0.05) is 0 Å². The molecule has 0 heterocycles. The van der Waals surface area contributed by atoms with E-state index >= 15 is 0 Å². The molecule has 0 radical (unpaired) electrons. The standard InChI is InChI=1S/3C4H6O10S2.3Ca.6H/c3*5-2(6)1-4(3(7)8,15(9,10)11)16(12,13)14;;;;;;;;;/h3*1H2,(H,5,6)(H,7,8)(H,9,10,11)(H,12,13,14);;;;;;;;;. The van der Waals surface area contributed by atoms with E-state index in [1.165, 1.54) is 0 Å². The van der Waals surface area contributed by atoms with E-state index in [-0.39, 0.29) is 113 Å². The Morgan fingerprint density at radius 3 is 0.431 bits per heavy atom. The van der Waals surface area contributed by atoms with Gasteiger partial charge in [-0.25, -0.2) is 14.4 Å². The fraction of sp³-hybridized carbons (Fsp3) is 0.500. The Morgan fingerprint density at radius 1 is 0.314 bits per heavy atom. The predicted molar refractivity (Wildman–Crippen MR) is 163 cm³/mol. The van der Waals surface area contributed by atoms with Crippen LogP contribution in [0.15, 0.2) is 0 Å². The molecule has 0 bridgehead atoms. The van der Waals surface area contributed by atoms with E-state index in [9.17, 15) is 79.3 Å². The summed E-state index contributed by atoms with van der Waals surface area (Å²) < 4.78 is 166. The monoisotopic (exact) mass is 960 g/mol. The van der Waals surface area contributed by atoms with Crippen LogP contribution in [0.1, 0.15) is 19.3 Å². The summed E-state index contributed by atoms with van der Waals surface area (Å²) in [4.78, 5) is 62.1. The van der Waals surface area contributed by atoms with Gasteiger partial charge in [-0.15, -0.1) is 0 Å². The van der Waals surface area contributed by atoms with Crippen molar-refractivity contribution in [1.82, 2.24) is 0 Å². The summed E-state index contributed by atoms with van der Waals surface area (Å²) in [6.45, 7) is 0. The van der Waals surface area contributed by atoms with Crippen molar-refractivity contribution < 1.29 is 137 Å². The van der Waals surface area contributed by atoms with Crippen LogP contribution in [0.2, 0.25) is 0 Å². The third-order valence-electron chi connectivity index (χ3n) is 4.63. The third-order valence-corrected chi connectivity index (χ3v) is 15.3. The van der Waals surface area contributed by atoms with Crippen LogP contribution in [0.5, 0.6) is 0 Å². The van der Waals surface area contributed by atoms with Crippen LogP contribution in [-0.2, 0) is 89.5 Å². The second-order valence-corrected chi connectivity index (χ2v) is 18.4. The summed E-state index contributed by atoms with van der Waals surface area (Å²) in [7, 11) is -35.4. The normalized spacial score (nSPS) is 12.6. The molecular weight excluding hydrogens is 937 g/mol. The topological polar surface area (TPSA) is 550 Å². The molecule has 0 aromatic carbocycles. The summed E-state index contributed by atoms with van der Waals surface area (Å²) in [5.74, 6) is -14.6. The van der Waals surface area contributed by atoms with Crippen molar-refractivity contribution in [2.75, 3.05) is 0 Å². The van der Waals surface area contributed by atoms with Gasteiger partial charge in [0.15, 0.2) is 0 Å². The van der Waals surface area contributed by atoms with Gasteiger partial charge < -0.3 is 30.6 Å². The molecule has 12 N–H and O–H groups in total. The molecule has 0 saturated carbocycles. The number of aliphatic carboxylic acids is 6. The van der Waals surface area contributed by atoms with Gasteiger partial charge in [0.1, 0.15) is 0 Å². The molecule has 51 heavy (non-hydrogen) atoms. The number of hydrogen-bond acceptors (Lipinski definition) is 18. The number of carbonyl (C=O) groups is 6. The SMILES string of the molecule is O=C(O)CC(C(=O)O)(S(=O)(=O)O)S(=O)(=O)O.O=C(O)CC(C(=O)O)(S(=O)(=O)O)S(=O)(=O)O.O=C(O)CC(C(=O)O)(S(=O)(=O)O)S(=O)(=O)O.[CaH2].[CaH2].[CaH2]. The minimum absolute atomic E-state index is 0. The molecule has 0 saturated heterocycles. The zero-order valence-corrected chi connectivity index (χ0v) is 26.7. The zero-order chi connectivity index (χ0) is 40.1. The molecule has 0 unspecified atom stereocenters. The molecule has 0 spiro atoms. The van der Waals surface area contributed by atoms with Crippen molar-refractivity contribution in [3.8, 4) is 0 Å². The first kappa shape index (κ1) is 63.0. The van der Waals surface area contributed by atoms with Crippen molar-refractivity contribution >= 4 is 210 Å². The molecule has 0 atom stereocenters. The first-order valence-electron chi connectivity index (χ1n) is 9.76. The van der Waals surface area contributed by atoms with Crippen LogP contribution >= 0.6 is 0 Å². The second kappa shape index (κ2) is 21.4. The predicted octanol–water partition coefficient (Wildman–Crippen LogP) is -8.70. The molecule has 0 aliphatic carbocycles. The Balaban J connectivity index is -0.000000145. The first-order chi connectivity index (χ1) is 20.6. The second-order valence-electron chi connectivity index (χ2n) is 7.74. The molecule has 0 aromatic rings. The number of carboxylic acid groups (broad SMARTS) is 6. The van der Waals surface area contributed by atoms with E-state index < -0.39 is 128 Å². The fourth-order valence-corrected chi connectivity index (χ4v) is 8.79. The Labute approximate surface area is 373 Å². The molecule has 0 rings (SSSR count). The van der Waals surface area contributed by atoms with Gasteiger partial charge in [0.2, 0.25) is 0 Å². The molecule has 0 aromatic heterocycles. The van der Waals surface area contributed by atoms with E-state index in [1.807, 2.05) is 0 Å². The molecular formula is C12H24Ca3O30S6. The van der Waals surface area contributed by atoms with Crippen molar-refractivity contribution in [2.24, 2.45) is 0 Å². The molecule has 0 fully saturated rings. The number of carboxylic acids is 6. The molecule has 0 aliphatic heterocycles. The fourth-order valence-electron chi connectivity index (χ4n) is 2.43. The van der Waals surface area contributed by atoms with E-state index in [1.54, 1.807) is 0 Å². The summed E-state index contributed by atoms with van der Waals surface area (Å²) in [6.07, 6.45) is -6.13. The Hall–Kier alpha value is 0.0592. The number of hydrogen-bond donors (Lipinski definition) is 12. The first-order valence-corrected chi connectivity index (χ1v) is 18.4. The van der Waals surface area contributed by atoms with Gasteiger partial charge in [0.25, 0.3) is 60.7 Å². The summed E-state index contributed by atoms with van der Waals surface area (Å²) in [5, 5.41) is 49.8. The Bertz CT molecular complexity index is 1680. The van der Waals surface area contributed by atoms with E-state index in [2.05, 4.69) is 0 Å². The van der Waals surface area contributed by atoms with Gasteiger partial charge >= 0.3 is 161 Å². The molecule has 0 amide bonds. The van der Waals surface area contributed by atoms with E-state index in [0.29, 0.717) is 0 Å². The van der Waals surface area contributed by atoms with Crippen LogP contribution in [0.3, 0.4) is 0 Å². The van der Waals surface area contributed by atoms with Crippen LogP contribution < -0.4 is 0 Å². The summed E-state index contributed by atoms with van der Waals surface area (Å²) in [5.41, 5.74) is 0. The maximum atomic E-state index is 10.6. The van der Waals surface area contributed by atoms with E-state index in [4.69, 9.17) is 58.0 Å². The Morgan fingerprint density at radius 2 is 0.412 bits per heavy atom.